The summed E-state index contributed by atoms with van der Waals surface area (Å²) >= 11 is 0. The van der Waals surface area contributed by atoms with Crippen LogP contribution in [-0.4, -0.2) is 59.9 Å². The minimum atomic E-state index is -0.0257. The Morgan fingerprint density at radius 1 is 1.28 bits per heavy atom. The maximum atomic E-state index is 11.8. The molecule has 2 saturated heterocycles. The molecule has 2 amide bonds. The lowest BCUT2D eigenvalue weighted by molar-refractivity contribution is -0.131. The van der Waals surface area contributed by atoms with E-state index in [0.29, 0.717) is 6.54 Å². The molecule has 0 saturated carbocycles. The van der Waals surface area contributed by atoms with Gasteiger partial charge in [0, 0.05) is 50.4 Å². The Kier molecular flexibility index (Phi) is 5.25. The molecular formula is C22H29N3O4. The summed E-state index contributed by atoms with van der Waals surface area (Å²) in [4.78, 5) is 27.8. The van der Waals surface area contributed by atoms with Crippen LogP contribution in [0.2, 0.25) is 0 Å². The van der Waals surface area contributed by atoms with Crippen molar-refractivity contribution in [3.8, 4) is 5.75 Å². The zero-order valence-corrected chi connectivity index (χ0v) is 17.4. The van der Waals surface area contributed by atoms with Gasteiger partial charge in [-0.15, -0.1) is 0 Å². The molecule has 2 fully saturated rings. The lowest BCUT2D eigenvalue weighted by atomic mass is 9.84. The smallest absolute Gasteiger partial charge is 0.219 e. The molecule has 3 heterocycles. The summed E-state index contributed by atoms with van der Waals surface area (Å²) in [7, 11) is 1.65. The van der Waals surface area contributed by atoms with Crippen LogP contribution >= 0.6 is 0 Å². The maximum absolute atomic E-state index is 11.8. The number of rotatable bonds is 4. The summed E-state index contributed by atoms with van der Waals surface area (Å²) in [5.41, 5.74) is 0.741. The van der Waals surface area contributed by atoms with Crippen LogP contribution in [0.15, 0.2) is 28.7 Å². The molecule has 1 aromatic heterocycles. The lowest BCUT2D eigenvalue weighted by Crippen LogP contribution is -2.52. The van der Waals surface area contributed by atoms with Crippen molar-refractivity contribution in [2.45, 2.75) is 51.2 Å². The van der Waals surface area contributed by atoms with Gasteiger partial charge in [-0.05, 0) is 31.4 Å². The highest BCUT2D eigenvalue weighted by molar-refractivity contribution is 5.83. The predicted molar refractivity (Wildman–Crippen MR) is 110 cm³/mol. The van der Waals surface area contributed by atoms with Gasteiger partial charge >= 0.3 is 0 Å². The van der Waals surface area contributed by atoms with Crippen LogP contribution in [-0.2, 0) is 16.1 Å². The van der Waals surface area contributed by atoms with E-state index in [0.717, 1.165) is 61.4 Å². The summed E-state index contributed by atoms with van der Waals surface area (Å²) in [6, 6.07) is 8.08. The molecule has 156 valence electrons. The van der Waals surface area contributed by atoms with E-state index in [2.05, 4.69) is 16.3 Å². The summed E-state index contributed by atoms with van der Waals surface area (Å²) in [5.74, 6) is 1.76. The SMILES string of the molecule is COc1cccc2cc(CN3C[C@@H](NC(C)=O)CC34CCN(C(C)=O)CC4)oc12. The molecule has 1 N–H and O–H groups in total. The van der Waals surface area contributed by atoms with E-state index >= 15 is 0 Å². The number of hydrogen-bond acceptors (Lipinski definition) is 5. The molecule has 1 aromatic carbocycles. The quantitative estimate of drug-likeness (QED) is 0.855. The molecule has 4 rings (SSSR count). The molecule has 1 spiro atoms. The van der Waals surface area contributed by atoms with E-state index in [9.17, 15) is 9.59 Å². The highest BCUT2D eigenvalue weighted by Crippen LogP contribution is 2.40. The predicted octanol–water partition coefficient (Wildman–Crippen LogP) is 2.53. The fourth-order valence-electron chi connectivity index (χ4n) is 5.00. The third-order valence-electron chi connectivity index (χ3n) is 6.41. The van der Waals surface area contributed by atoms with Crippen molar-refractivity contribution in [1.82, 2.24) is 15.1 Å². The number of piperidine rings is 1. The van der Waals surface area contributed by atoms with Crippen LogP contribution in [0.25, 0.3) is 11.0 Å². The van der Waals surface area contributed by atoms with E-state index in [-0.39, 0.29) is 23.4 Å². The third-order valence-corrected chi connectivity index (χ3v) is 6.41. The molecule has 29 heavy (non-hydrogen) atoms. The number of amides is 2. The number of para-hydroxylation sites is 1. The number of carbonyl (C=O) groups excluding carboxylic acids is 2. The van der Waals surface area contributed by atoms with E-state index in [1.807, 2.05) is 23.1 Å². The van der Waals surface area contributed by atoms with E-state index < -0.39 is 0 Å². The monoisotopic (exact) mass is 399 g/mol. The number of nitrogens with one attached hydrogen (secondary N) is 1. The largest absolute Gasteiger partial charge is 0.493 e. The summed E-state index contributed by atoms with van der Waals surface area (Å²) in [6.07, 6.45) is 2.72. The molecule has 7 nitrogen and oxygen atoms in total. The topological polar surface area (TPSA) is 75.0 Å². The van der Waals surface area contributed by atoms with Gasteiger partial charge in [0.2, 0.25) is 11.8 Å². The van der Waals surface area contributed by atoms with Crippen LogP contribution in [0.3, 0.4) is 0 Å². The Hall–Kier alpha value is -2.54. The van der Waals surface area contributed by atoms with Crippen molar-refractivity contribution in [1.29, 1.82) is 0 Å². The summed E-state index contributed by atoms with van der Waals surface area (Å²) in [6.45, 7) is 6.17. The molecule has 0 radical (unpaired) electrons. The summed E-state index contributed by atoms with van der Waals surface area (Å²) in [5, 5.41) is 4.12. The highest BCUT2D eigenvalue weighted by Gasteiger charge is 2.47. The second-order valence-electron chi connectivity index (χ2n) is 8.30. The number of furan rings is 1. The van der Waals surface area contributed by atoms with Crippen LogP contribution in [0.1, 0.15) is 38.9 Å². The minimum absolute atomic E-state index is 0.00152. The van der Waals surface area contributed by atoms with E-state index in [4.69, 9.17) is 9.15 Å². The zero-order chi connectivity index (χ0) is 20.6. The van der Waals surface area contributed by atoms with Gasteiger partial charge in [-0.1, -0.05) is 12.1 Å². The molecule has 2 aliphatic rings. The average molecular weight is 399 g/mol. The highest BCUT2D eigenvalue weighted by atomic mass is 16.5. The fraction of sp³-hybridized carbons (Fsp3) is 0.545. The van der Waals surface area contributed by atoms with Gasteiger partial charge in [-0.25, -0.2) is 0 Å². The van der Waals surface area contributed by atoms with Gasteiger partial charge in [0.05, 0.1) is 13.7 Å². The molecule has 2 aliphatic heterocycles. The first-order valence-corrected chi connectivity index (χ1v) is 10.2. The number of carbonyl (C=O) groups is 2. The van der Waals surface area contributed by atoms with Gasteiger partial charge in [0.25, 0.3) is 0 Å². The van der Waals surface area contributed by atoms with Gasteiger partial charge in [-0.2, -0.15) is 0 Å². The van der Waals surface area contributed by atoms with Crippen LogP contribution in [0.4, 0.5) is 0 Å². The number of fused-ring (bicyclic) bond motifs is 1. The van der Waals surface area contributed by atoms with Gasteiger partial charge in [0.1, 0.15) is 5.76 Å². The number of hydrogen-bond donors (Lipinski definition) is 1. The van der Waals surface area contributed by atoms with Gasteiger partial charge in [0.15, 0.2) is 11.3 Å². The van der Waals surface area contributed by atoms with Crippen LogP contribution in [0, 0.1) is 0 Å². The number of ether oxygens (including phenoxy) is 1. The number of benzene rings is 1. The molecule has 0 aliphatic carbocycles. The third kappa shape index (κ3) is 3.83. The number of methoxy groups -OCH3 is 1. The van der Waals surface area contributed by atoms with Crippen LogP contribution in [0.5, 0.6) is 5.75 Å². The first-order valence-electron chi connectivity index (χ1n) is 10.2. The van der Waals surface area contributed by atoms with Gasteiger partial charge < -0.3 is 19.4 Å². The van der Waals surface area contributed by atoms with Crippen molar-refractivity contribution in [3.05, 3.63) is 30.0 Å². The second-order valence-corrected chi connectivity index (χ2v) is 8.30. The molecule has 7 heteroatoms. The normalized spacial score (nSPS) is 21.6. The van der Waals surface area contributed by atoms with Crippen molar-refractivity contribution in [2.75, 3.05) is 26.7 Å². The molecule has 1 atom stereocenters. The molecule has 2 aromatic rings. The molecular weight excluding hydrogens is 370 g/mol. The van der Waals surface area contributed by atoms with Crippen molar-refractivity contribution < 1.29 is 18.7 Å². The van der Waals surface area contributed by atoms with Crippen molar-refractivity contribution in [2.24, 2.45) is 0 Å². The van der Waals surface area contributed by atoms with E-state index in [1.165, 1.54) is 0 Å². The standard InChI is InChI=1S/C22H29N3O4/c1-15(26)23-18-12-22(7-9-24(10-8-22)16(2)27)25(13-18)14-19-11-17-5-4-6-20(28-3)21(17)29-19/h4-6,11,18H,7-10,12-14H2,1-3H3,(H,23,26)/t18-/m0/s1. The summed E-state index contributed by atoms with van der Waals surface area (Å²) < 4.78 is 11.6. The Bertz CT molecular complexity index is 914. The van der Waals surface area contributed by atoms with Gasteiger partial charge in [-0.3, -0.25) is 14.5 Å². The Balaban J connectivity index is 1.58. The zero-order valence-electron chi connectivity index (χ0n) is 17.4. The number of nitrogens with zero attached hydrogens (tertiary/aromatic N) is 2. The first-order chi connectivity index (χ1) is 13.9. The first kappa shape index (κ1) is 19.8. The minimum Gasteiger partial charge on any atom is -0.493 e. The van der Waals surface area contributed by atoms with Crippen molar-refractivity contribution in [3.63, 3.8) is 0 Å². The average Bonchev–Trinajstić information content (AvgIpc) is 3.22. The molecule has 0 unspecified atom stereocenters. The Morgan fingerprint density at radius 3 is 2.69 bits per heavy atom. The molecule has 0 bridgehead atoms. The fourth-order valence-corrected chi connectivity index (χ4v) is 5.00. The lowest BCUT2D eigenvalue weighted by Gasteiger charge is -2.44. The van der Waals surface area contributed by atoms with Crippen LogP contribution < -0.4 is 10.1 Å². The van der Waals surface area contributed by atoms with Crippen molar-refractivity contribution >= 4 is 22.8 Å². The number of likely N-dealkylation sites (tertiary alicyclic amines) is 2. The van der Waals surface area contributed by atoms with E-state index in [1.54, 1.807) is 21.0 Å². The Morgan fingerprint density at radius 2 is 2.03 bits per heavy atom. The Labute approximate surface area is 171 Å². The maximum Gasteiger partial charge on any atom is 0.219 e. The second kappa shape index (κ2) is 7.71.